The Morgan fingerprint density at radius 2 is 1.50 bits per heavy atom. The van der Waals surface area contributed by atoms with E-state index in [9.17, 15) is 24.0 Å². The van der Waals surface area contributed by atoms with E-state index >= 15 is 0 Å². The molecule has 0 saturated carbocycles. The molecule has 10 nitrogen and oxygen atoms in total. The summed E-state index contributed by atoms with van der Waals surface area (Å²) in [5.41, 5.74) is -1.07. The first-order valence-corrected chi connectivity index (χ1v) is 11.1. The molecule has 0 aromatic heterocycles. The molecule has 0 radical (unpaired) electrons. The van der Waals surface area contributed by atoms with Gasteiger partial charge in [-0.15, -0.1) is 0 Å². The van der Waals surface area contributed by atoms with Crippen LogP contribution >= 0.6 is 0 Å². The first-order chi connectivity index (χ1) is 17.1. The quantitative estimate of drug-likeness (QED) is 0.159. The van der Waals surface area contributed by atoms with Crippen LogP contribution in [-0.4, -0.2) is 53.6 Å². The van der Waals surface area contributed by atoms with Crippen molar-refractivity contribution < 1.29 is 42.9 Å². The van der Waals surface area contributed by atoms with Gasteiger partial charge in [0.2, 0.25) is 0 Å². The van der Waals surface area contributed by atoms with Gasteiger partial charge in [0.15, 0.2) is 5.60 Å². The number of nitrogens with zero attached hydrogens (tertiary/aromatic N) is 1. The Hall–Kier alpha value is -4.47. The van der Waals surface area contributed by atoms with Crippen molar-refractivity contribution in [1.29, 1.82) is 0 Å². The Bertz CT molecular complexity index is 1170. The van der Waals surface area contributed by atoms with Crippen molar-refractivity contribution in [2.45, 2.75) is 32.3 Å². The van der Waals surface area contributed by atoms with Crippen LogP contribution in [0.15, 0.2) is 61.2 Å². The molecule has 2 aromatic rings. The smallest absolute Gasteiger partial charge is 0.425 e. The zero-order valence-electron chi connectivity index (χ0n) is 19.9. The van der Waals surface area contributed by atoms with E-state index in [1.54, 1.807) is 24.3 Å². The molecule has 3 rings (SSSR count). The highest BCUT2D eigenvalue weighted by atomic mass is 16.6. The molecule has 2 aromatic carbocycles. The summed E-state index contributed by atoms with van der Waals surface area (Å²) in [5, 5.41) is 0. The van der Waals surface area contributed by atoms with Gasteiger partial charge in [-0.25, -0.2) is 14.4 Å². The maximum atomic E-state index is 12.6. The topological polar surface area (TPSA) is 126 Å². The molecule has 0 bridgehead atoms. The fraction of sp³-hybridized carbons (Fsp3) is 0.269. The van der Waals surface area contributed by atoms with Crippen molar-refractivity contribution >= 4 is 29.8 Å². The molecule has 1 aliphatic rings. The first kappa shape index (κ1) is 26.1. The Morgan fingerprint density at radius 1 is 0.917 bits per heavy atom. The summed E-state index contributed by atoms with van der Waals surface area (Å²) < 4.78 is 20.7. The van der Waals surface area contributed by atoms with Gasteiger partial charge in [0.05, 0.1) is 18.8 Å². The number of hydrogen-bond donors (Lipinski definition) is 0. The van der Waals surface area contributed by atoms with E-state index in [1.807, 2.05) is 0 Å². The van der Waals surface area contributed by atoms with E-state index in [-0.39, 0.29) is 23.5 Å². The molecule has 1 aliphatic heterocycles. The number of unbranched alkanes of at least 4 members (excludes halogenated alkanes) is 1. The third kappa shape index (κ3) is 6.35. The van der Waals surface area contributed by atoms with Gasteiger partial charge in [0.25, 0.3) is 11.8 Å². The van der Waals surface area contributed by atoms with Gasteiger partial charge >= 0.3 is 18.0 Å². The molecule has 0 atom stereocenters. The van der Waals surface area contributed by atoms with Crippen LogP contribution in [0.5, 0.6) is 11.5 Å². The van der Waals surface area contributed by atoms with Gasteiger partial charge in [-0.3, -0.25) is 9.59 Å². The Kier molecular flexibility index (Phi) is 8.21. The summed E-state index contributed by atoms with van der Waals surface area (Å²) >= 11 is 0. The fourth-order valence-corrected chi connectivity index (χ4v) is 3.11. The lowest BCUT2D eigenvalue weighted by atomic mass is 10.1. The average molecular weight is 495 g/mol. The minimum Gasteiger partial charge on any atom is -0.494 e. The number of rotatable bonds is 10. The summed E-state index contributed by atoms with van der Waals surface area (Å²) in [4.78, 5) is 60.5. The molecule has 0 aliphatic carbocycles. The van der Waals surface area contributed by atoms with Crippen LogP contribution < -0.4 is 9.47 Å². The van der Waals surface area contributed by atoms with Crippen molar-refractivity contribution in [2.75, 3.05) is 13.2 Å². The van der Waals surface area contributed by atoms with Crippen molar-refractivity contribution in [3.63, 3.8) is 0 Å². The maximum Gasteiger partial charge on any atom is 0.425 e. The lowest BCUT2D eigenvalue weighted by Crippen LogP contribution is -2.40. The molecule has 10 heteroatoms. The van der Waals surface area contributed by atoms with Gasteiger partial charge in [-0.05, 0) is 75.2 Å². The molecule has 1 saturated heterocycles. The Morgan fingerprint density at radius 3 is 2.08 bits per heavy atom. The van der Waals surface area contributed by atoms with Crippen LogP contribution in [0, 0.1) is 0 Å². The summed E-state index contributed by atoms with van der Waals surface area (Å²) in [6, 6.07) is 11.8. The second-order valence-corrected chi connectivity index (χ2v) is 8.19. The lowest BCUT2D eigenvalue weighted by molar-refractivity contribution is -0.138. The van der Waals surface area contributed by atoms with E-state index in [0.29, 0.717) is 30.1 Å². The number of hydrogen-bond acceptors (Lipinski definition) is 9. The van der Waals surface area contributed by atoms with E-state index in [0.717, 1.165) is 6.08 Å². The minimum atomic E-state index is -1.41. The van der Waals surface area contributed by atoms with Crippen LogP contribution in [-0.2, 0) is 19.1 Å². The van der Waals surface area contributed by atoms with Crippen molar-refractivity contribution in [3.05, 3.63) is 72.3 Å². The predicted octanol–water partition coefficient (Wildman–Crippen LogP) is 3.69. The Labute approximate surface area is 207 Å². The van der Waals surface area contributed by atoms with Crippen LogP contribution in [0.25, 0.3) is 0 Å². The van der Waals surface area contributed by atoms with E-state index in [4.69, 9.17) is 18.9 Å². The third-order valence-electron chi connectivity index (χ3n) is 5.07. The summed E-state index contributed by atoms with van der Waals surface area (Å²) in [5.74, 6) is -1.93. The second-order valence-electron chi connectivity index (χ2n) is 8.19. The van der Waals surface area contributed by atoms with Gasteiger partial charge in [0, 0.05) is 11.6 Å². The highest BCUT2D eigenvalue weighted by Gasteiger charge is 2.50. The molecular formula is C26H25NO9. The fourth-order valence-electron chi connectivity index (χ4n) is 3.11. The minimum absolute atomic E-state index is 0.0539. The molecule has 1 fully saturated rings. The third-order valence-corrected chi connectivity index (χ3v) is 5.07. The summed E-state index contributed by atoms with van der Waals surface area (Å²) in [7, 11) is 0. The SMILES string of the molecule is C=CC(=O)OCCCCOc1ccc(C(=O)Oc2ccc(C(=O)N3C(=O)OC(C)(C)C3=O)cc2)cc1. The van der Waals surface area contributed by atoms with Gasteiger partial charge < -0.3 is 18.9 Å². The van der Waals surface area contributed by atoms with Crippen LogP contribution in [0.2, 0.25) is 0 Å². The van der Waals surface area contributed by atoms with Crippen LogP contribution in [0.4, 0.5) is 4.79 Å². The van der Waals surface area contributed by atoms with Crippen LogP contribution in [0.1, 0.15) is 47.4 Å². The number of benzene rings is 2. The number of cyclic esters (lactones) is 1. The lowest BCUT2D eigenvalue weighted by Gasteiger charge is -2.13. The van der Waals surface area contributed by atoms with E-state index in [2.05, 4.69) is 6.58 Å². The molecule has 1 heterocycles. The monoisotopic (exact) mass is 495 g/mol. The van der Waals surface area contributed by atoms with E-state index in [1.165, 1.54) is 38.1 Å². The molecule has 3 amide bonds. The highest BCUT2D eigenvalue weighted by molar-refractivity contribution is 6.19. The predicted molar refractivity (Wildman–Crippen MR) is 125 cm³/mol. The van der Waals surface area contributed by atoms with Crippen molar-refractivity contribution in [3.8, 4) is 11.5 Å². The Balaban J connectivity index is 1.49. The van der Waals surface area contributed by atoms with Gasteiger partial charge in [-0.2, -0.15) is 4.90 Å². The molecule has 0 N–H and O–H groups in total. The number of carbonyl (C=O) groups is 5. The molecular weight excluding hydrogens is 470 g/mol. The van der Waals surface area contributed by atoms with Crippen molar-refractivity contribution in [1.82, 2.24) is 4.90 Å². The van der Waals surface area contributed by atoms with Crippen molar-refractivity contribution in [2.24, 2.45) is 0 Å². The van der Waals surface area contributed by atoms with Gasteiger partial charge in [-0.1, -0.05) is 6.58 Å². The zero-order valence-corrected chi connectivity index (χ0v) is 19.9. The normalized spacial score (nSPS) is 14.1. The second kappa shape index (κ2) is 11.3. The zero-order chi connectivity index (χ0) is 26.3. The van der Waals surface area contributed by atoms with Crippen LogP contribution in [0.3, 0.4) is 0 Å². The number of ether oxygens (including phenoxy) is 4. The molecule has 0 unspecified atom stereocenters. The highest BCUT2D eigenvalue weighted by Crippen LogP contribution is 2.26. The summed E-state index contributed by atoms with van der Waals surface area (Å²) in [6.45, 7) is 6.82. The summed E-state index contributed by atoms with van der Waals surface area (Å²) in [6.07, 6.45) is 1.40. The number of carbonyl (C=O) groups excluding carboxylic acids is 5. The molecule has 188 valence electrons. The number of amides is 3. The standard InChI is InChI=1S/C26H25NO9/c1-4-21(28)34-16-6-5-15-33-19-11-9-18(10-12-19)23(30)35-20-13-7-17(8-14-20)22(29)27-24(31)26(2,3)36-25(27)32/h4,7-14H,1,5-6,15-16H2,2-3H3. The van der Waals surface area contributed by atoms with E-state index < -0.39 is 35.4 Å². The maximum absolute atomic E-state index is 12.6. The molecule has 0 spiro atoms. The first-order valence-electron chi connectivity index (χ1n) is 11.1. The number of esters is 2. The molecule has 36 heavy (non-hydrogen) atoms. The average Bonchev–Trinajstić information content (AvgIpc) is 3.07. The van der Waals surface area contributed by atoms with Gasteiger partial charge in [0.1, 0.15) is 11.5 Å². The number of imide groups is 3. The largest absolute Gasteiger partial charge is 0.494 e.